The predicted molar refractivity (Wildman–Crippen MR) is 60.6 cm³/mol. The third kappa shape index (κ3) is 2.78. The number of carbonyl (C=O) groups excluding carboxylic acids is 1. The summed E-state index contributed by atoms with van der Waals surface area (Å²) in [6, 6.07) is 1.73. The van der Waals surface area contributed by atoms with Crippen LogP contribution in [-0.2, 0) is 6.18 Å². The van der Waals surface area contributed by atoms with Crippen LogP contribution in [0, 0.1) is 0 Å². The second-order valence-corrected chi connectivity index (χ2v) is 4.32. The maximum atomic E-state index is 12.6. The van der Waals surface area contributed by atoms with Crippen molar-refractivity contribution in [2.45, 2.75) is 18.7 Å². The normalized spacial score (nSPS) is 19.8. The Labute approximate surface area is 106 Å². The van der Waals surface area contributed by atoms with Crippen LogP contribution in [0.25, 0.3) is 0 Å². The first-order valence-electron chi connectivity index (χ1n) is 5.60. The lowest BCUT2D eigenvalue weighted by Gasteiger charge is -2.20. The summed E-state index contributed by atoms with van der Waals surface area (Å²) < 4.78 is 37.9. The highest BCUT2D eigenvalue weighted by atomic mass is 19.4. The fourth-order valence-corrected chi connectivity index (χ4v) is 1.97. The molecule has 0 bridgehead atoms. The van der Waals surface area contributed by atoms with Crippen molar-refractivity contribution >= 4 is 11.7 Å². The number of nitrogens with zero attached hydrogens (tertiary/aromatic N) is 2. The van der Waals surface area contributed by atoms with Crippen LogP contribution in [0.3, 0.4) is 0 Å². The number of primary amides is 1. The minimum absolute atomic E-state index is 0.0814. The van der Waals surface area contributed by atoms with E-state index in [9.17, 15) is 23.1 Å². The number of β-amino-alcohol motifs (C(OH)–C–C–N with tert-alkyl or cyclic N) is 1. The quantitative estimate of drug-likeness (QED) is 0.835. The van der Waals surface area contributed by atoms with Gasteiger partial charge in [-0.25, -0.2) is 4.98 Å². The number of alkyl halides is 3. The van der Waals surface area contributed by atoms with E-state index < -0.39 is 23.9 Å². The molecule has 0 aromatic carbocycles. The van der Waals surface area contributed by atoms with Crippen molar-refractivity contribution in [2.75, 3.05) is 18.0 Å². The molecule has 8 heteroatoms. The topological polar surface area (TPSA) is 79.5 Å². The van der Waals surface area contributed by atoms with Crippen LogP contribution in [-0.4, -0.2) is 35.2 Å². The third-order valence-electron chi connectivity index (χ3n) is 2.89. The van der Waals surface area contributed by atoms with E-state index in [1.807, 2.05) is 0 Å². The zero-order valence-electron chi connectivity index (χ0n) is 9.81. The van der Waals surface area contributed by atoms with Crippen LogP contribution in [0.5, 0.6) is 0 Å². The number of aliphatic hydroxyl groups excluding tert-OH is 1. The minimum atomic E-state index is -4.59. The van der Waals surface area contributed by atoms with Gasteiger partial charge in [0.2, 0.25) is 0 Å². The van der Waals surface area contributed by atoms with Gasteiger partial charge in [-0.15, -0.1) is 0 Å². The van der Waals surface area contributed by atoms with Crippen molar-refractivity contribution in [3.63, 3.8) is 0 Å². The Morgan fingerprint density at radius 1 is 1.47 bits per heavy atom. The molecule has 1 aromatic rings. The average molecular weight is 275 g/mol. The summed E-state index contributed by atoms with van der Waals surface area (Å²) in [5, 5.41) is 9.41. The fraction of sp³-hybridized carbons (Fsp3) is 0.455. The fourth-order valence-electron chi connectivity index (χ4n) is 1.97. The number of carbonyl (C=O) groups is 1. The van der Waals surface area contributed by atoms with Gasteiger partial charge < -0.3 is 15.7 Å². The largest absolute Gasteiger partial charge is 0.433 e. The number of anilines is 1. The van der Waals surface area contributed by atoms with Crippen molar-refractivity contribution in [3.05, 3.63) is 23.4 Å². The van der Waals surface area contributed by atoms with Crippen molar-refractivity contribution < 1.29 is 23.1 Å². The van der Waals surface area contributed by atoms with Crippen LogP contribution in [0.15, 0.2) is 12.1 Å². The van der Waals surface area contributed by atoms with Gasteiger partial charge in [0, 0.05) is 13.1 Å². The molecule has 1 fully saturated rings. The summed E-state index contributed by atoms with van der Waals surface area (Å²) in [4.78, 5) is 16.1. The molecule has 5 nitrogen and oxygen atoms in total. The molecule has 1 aliphatic rings. The van der Waals surface area contributed by atoms with E-state index in [2.05, 4.69) is 4.98 Å². The van der Waals surface area contributed by atoms with Gasteiger partial charge in [-0.05, 0) is 18.6 Å². The number of aromatic nitrogens is 1. The van der Waals surface area contributed by atoms with E-state index >= 15 is 0 Å². The van der Waals surface area contributed by atoms with E-state index in [1.54, 1.807) is 0 Å². The second kappa shape index (κ2) is 4.69. The monoisotopic (exact) mass is 275 g/mol. The molecule has 1 aliphatic heterocycles. The van der Waals surface area contributed by atoms with Gasteiger partial charge in [0.05, 0.1) is 11.7 Å². The number of halogens is 3. The van der Waals surface area contributed by atoms with Crippen molar-refractivity contribution in [1.29, 1.82) is 0 Å². The van der Waals surface area contributed by atoms with Crippen LogP contribution in [0.4, 0.5) is 19.0 Å². The highest BCUT2D eigenvalue weighted by Gasteiger charge is 2.35. The molecule has 0 spiro atoms. The molecular formula is C11H12F3N3O2. The molecule has 19 heavy (non-hydrogen) atoms. The molecule has 3 N–H and O–H groups in total. The van der Waals surface area contributed by atoms with Crippen molar-refractivity contribution in [3.8, 4) is 0 Å². The molecule has 0 saturated carbocycles. The van der Waals surface area contributed by atoms with Crippen LogP contribution < -0.4 is 10.6 Å². The van der Waals surface area contributed by atoms with Gasteiger partial charge >= 0.3 is 6.18 Å². The molecule has 0 aliphatic carbocycles. The zero-order chi connectivity index (χ0) is 14.2. The third-order valence-corrected chi connectivity index (χ3v) is 2.89. The molecule has 2 rings (SSSR count). The molecule has 0 radical (unpaired) electrons. The van der Waals surface area contributed by atoms with E-state index in [4.69, 9.17) is 5.73 Å². The molecule has 104 valence electrons. The van der Waals surface area contributed by atoms with Crippen molar-refractivity contribution in [1.82, 2.24) is 4.98 Å². The Hall–Kier alpha value is -1.83. The number of amides is 1. The van der Waals surface area contributed by atoms with Gasteiger partial charge in [0.1, 0.15) is 11.5 Å². The maximum Gasteiger partial charge on any atom is 0.433 e. The van der Waals surface area contributed by atoms with E-state index in [0.717, 1.165) is 12.1 Å². The van der Waals surface area contributed by atoms with Crippen molar-refractivity contribution in [2.24, 2.45) is 5.73 Å². The first-order chi connectivity index (χ1) is 8.79. The zero-order valence-corrected chi connectivity index (χ0v) is 9.81. The van der Waals surface area contributed by atoms with Crippen LogP contribution in [0.1, 0.15) is 22.5 Å². The smallest absolute Gasteiger partial charge is 0.391 e. The Bertz CT molecular complexity index is 504. The van der Waals surface area contributed by atoms with Gasteiger partial charge in [0.25, 0.3) is 5.91 Å². The maximum absolute atomic E-state index is 12.6. The molecule has 2 heterocycles. The first-order valence-corrected chi connectivity index (χ1v) is 5.60. The second-order valence-electron chi connectivity index (χ2n) is 4.32. The van der Waals surface area contributed by atoms with E-state index in [-0.39, 0.29) is 17.9 Å². The lowest BCUT2D eigenvalue weighted by atomic mass is 10.2. The average Bonchev–Trinajstić information content (AvgIpc) is 2.73. The number of nitrogens with two attached hydrogens (primary N) is 1. The summed E-state index contributed by atoms with van der Waals surface area (Å²) in [6.07, 6.45) is -4.82. The van der Waals surface area contributed by atoms with Gasteiger partial charge in [-0.1, -0.05) is 0 Å². The summed E-state index contributed by atoms with van der Waals surface area (Å²) >= 11 is 0. The van der Waals surface area contributed by atoms with E-state index in [0.29, 0.717) is 13.0 Å². The van der Waals surface area contributed by atoms with Gasteiger partial charge in [-0.3, -0.25) is 4.79 Å². The molecule has 1 aromatic heterocycles. The Kier molecular flexibility index (Phi) is 3.36. The lowest BCUT2D eigenvalue weighted by Crippen LogP contribution is -2.27. The van der Waals surface area contributed by atoms with Crippen LogP contribution in [0.2, 0.25) is 0 Å². The first kappa shape index (κ1) is 13.6. The van der Waals surface area contributed by atoms with E-state index in [1.165, 1.54) is 4.90 Å². The predicted octanol–water partition coefficient (Wildman–Crippen LogP) is 0.770. The highest BCUT2D eigenvalue weighted by molar-refractivity contribution is 5.97. The Morgan fingerprint density at radius 2 is 2.16 bits per heavy atom. The molecule has 0 unspecified atom stereocenters. The standard InChI is InChI=1S/C11H12F3N3O2/c12-11(13,14)8-2-1-7(9(15)19)10(16-8)17-4-3-6(18)5-17/h1-2,6,18H,3-5H2,(H2,15,19)/t6-/m1/s1. The number of aliphatic hydroxyl groups is 1. The molecular weight excluding hydrogens is 263 g/mol. The van der Waals surface area contributed by atoms with Gasteiger partial charge in [0.15, 0.2) is 0 Å². The highest BCUT2D eigenvalue weighted by Crippen LogP contribution is 2.31. The molecule has 1 atom stereocenters. The number of pyridine rings is 1. The number of hydrogen-bond acceptors (Lipinski definition) is 4. The number of rotatable bonds is 2. The molecule has 1 amide bonds. The number of hydrogen-bond donors (Lipinski definition) is 2. The Balaban J connectivity index is 2.45. The minimum Gasteiger partial charge on any atom is -0.391 e. The molecule has 1 saturated heterocycles. The van der Waals surface area contributed by atoms with Gasteiger partial charge in [-0.2, -0.15) is 13.2 Å². The SMILES string of the molecule is NC(=O)c1ccc(C(F)(F)F)nc1N1CC[C@@H](O)C1. The summed E-state index contributed by atoms with van der Waals surface area (Å²) in [5.41, 5.74) is 3.96. The van der Waals surface area contributed by atoms with Crippen LogP contribution >= 0.6 is 0 Å². The Morgan fingerprint density at radius 3 is 2.63 bits per heavy atom. The summed E-state index contributed by atoms with van der Waals surface area (Å²) in [5.74, 6) is -0.975. The lowest BCUT2D eigenvalue weighted by molar-refractivity contribution is -0.141. The summed E-state index contributed by atoms with van der Waals surface area (Å²) in [6.45, 7) is 0.463. The summed E-state index contributed by atoms with van der Waals surface area (Å²) in [7, 11) is 0.